The number of nitrogens with zero attached hydrogens (tertiary/aromatic N) is 1. The molecule has 2 aromatic rings. The van der Waals surface area contributed by atoms with Crippen LogP contribution in [0.5, 0.6) is 0 Å². The van der Waals surface area contributed by atoms with Gasteiger partial charge in [0.1, 0.15) is 0 Å². The Balaban J connectivity index is 1.83. The highest BCUT2D eigenvalue weighted by Crippen LogP contribution is 2.30. The SMILES string of the molecule is Cc1ccc(Cn2cc3c(c2)C(O)CCC3)cc1. The van der Waals surface area contributed by atoms with E-state index in [9.17, 15) is 5.11 Å². The molecule has 0 saturated carbocycles. The molecule has 2 heteroatoms. The van der Waals surface area contributed by atoms with Crippen LogP contribution in [0.4, 0.5) is 0 Å². The third-order valence-electron chi connectivity index (χ3n) is 3.77. The first kappa shape index (κ1) is 11.5. The molecule has 1 atom stereocenters. The molecular formula is C16H19NO. The standard InChI is InChI=1S/C16H19NO/c1-12-5-7-13(8-6-12)9-17-10-14-3-2-4-16(18)15(14)11-17/h5-8,10-11,16,18H,2-4,9H2,1H3. The van der Waals surface area contributed by atoms with Crippen molar-refractivity contribution in [3.05, 3.63) is 58.9 Å². The first-order chi connectivity index (χ1) is 8.72. The molecule has 1 heterocycles. The Kier molecular flexibility index (Phi) is 2.96. The predicted octanol–water partition coefficient (Wildman–Crippen LogP) is 3.21. The van der Waals surface area contributed by atoms with Gasteiger partial charge in [-0.1, -0.05) is 29.8 Å². The van der Waals surface area contributed by atoms with E-state index in [0.29, 0.717) is 0 Å². The first-order valence-corrected chi connectivity index (χ1v) is 6.64. The highest BCUT2D eigenvalue weighted by Gasteiger charge is 2.19. The molecule has 2 nitrogen and oxygen atoms in total. The molecule has 3 rings (SSSR count). The van der Waals surface area contributed by atoms with Crippen LogP contribution in [0.1, 0.15) is 41.2 Å². The van der Waals surface area contributed by atoms with Gasteiger partial charge in [0, 0.05) is 24.5 Å². The molecule has 18 heavy (non-hydrogen) atoms. The lowest BCUT2D eigenvalue weighted by molar-refractivity contribution is 0.157. The molecule has 1 aromatic carbocycles. The summed E-state index contributed by atoms with van der Waals surface area (Å²) < 4.78 is 2.20. The Bertz CT molecular complexity index is 539. The molecule has 0 fully saturated rings. The van der Waals surface area contributed by atoms with E-state index in [1.807, 2.05) is 0 Å². The molecule has 1 aromatic heterocycles. The van der Waals surface area contributed by atoms with E-state index in [0.717, 1.165) is 31.4 Å². The van der Waals surface area contributed by atoms with Crippen molar-refractivity contribution in [1.29, 1.82) is 0 Å². The normalized spacial score (nSPS) is 18.7. The number of fused-ring (bicyclic) bond motifs is 1. The number of rotatable bonds is 2. The number of aromatic nitrogens is 1. The van der Waals surface area contributed by atoms with E-state index < -0.39 is 0 Å². The van der Waals surface area contributed by atoms with Gasteiger partial charge in [-0.05, 0) is 37.3 Å². The quantitative estimate of drug-likeness (QED) is 0.858. The van der Waals surface area contributed by atoms with Gasteiger partial charge in [-0.3, -0.25) is 0 Å². The lowest BCUT2D eigenvalue weighted by Gasteiger charge is -2.16. The van der Waals surface area contributed by atoms with E-state index in [4.69, 9.17) is 0 Å². The van der Waals surface area contributed by atoms with Crippen LogP contribution in [0.15, 0.2) is 36.7 Å². The number of aliphatic hydroxyl groups excluding tert-OH is 1. The molecule has 0 saturated heterocycles. The summed E-state index contributed by atoms with van der Waals surface area (Å²) in [4.78, 5) is 0. The monoisotopic (exact) mass is 241 g/mol. The highest BCUT2D eigenvalue weighted by molar-refractivity contribution is 5.30. The first-order valence-electron chi connectivity index (χ1n) is 6.64. The summed E-state index contributed by atoms with van der Waals surface area (Å²) in [5.74, 6) is 0. The average Bonchev–Trinajstić information content (AvgIpc) is 2.76. The van der Waals surface area contributed by atoms with Crippen LogP contribution in [0.2, 0.25) is 0 Å². The van der Waals surface area contributed by atoms with E-state index >= 15 is 0 Å². The Morgan fingerprint density at radius 3 is 2.72 bits per heavy atom. The summed E-state index contributed by atoms with van der Waals surface area (Å²) >= 11 is 0. The minimum absolute atomic E-state index is 0.256. The van der Waals surface area contributed by atoms with Crippen LogP contribution in [-0.4, -0.2) is 9.67 Å². The zero-order valence-electron chi connectivity index (χ0n) is 10.8. The third-order valence-corrected chi connectivity index (χ3v) is 3.77. The fourth-order valence-electron chi connectivity index (χ4n) is 2.72. The van der Waals surface area contributed by atoms with Crippen molar-refractivity contribution in [3.63, 3.8) is 0 Å². The van der Waals surface area contributed by atoms with Gasteiger partial charge in [0.15, 0.2) is 0 Å². The van der Waals surface area contributed by atoms with E-state index in [1.54, 1.807) is 0 Å². The second-order valence-corrected chi connectivity index (χ2v) is 5.30. The van der Waals surface area contributed by atoms with Crippen molar-refractivity contribution in [2.24, 2.45) is 0 Å². The van der Waals surface area contributed by atoms with E-state index in [2.05, 4.69) is 48.1 Å². The second-order valence-electron chi connectivity index (χ2n) is 5.30. The van der Waals surface area contributed by atoms with Crippen molar-refractivity contribution < 1.29 is 5.11 Å². The molecule has 1 aliphatic carbocycles. The van der Waals surface area contributed by atoms with Gasteiger partial charge in [-0.15, -0.1) is 0 Å². The number of aryl methyl sites for hydroxylation is 2. The summed E-state index contributed by atoms with van der Waals surface area (Å²) in [6.45, 7) is 2.99. The van der Waals surface area contributed by atoms with Crippen LogP contribution in [0.25, 0.3) is 0 Å². The second kappa shape index (κ2) is 4.62. The summed E-state index contributed by atoms with van der Waals surface area (Å²) in [6, 6.07) is 8.64. The summed E-state index contributed by atoms with van der Waals surface area (Å²) in [5, 5.41) is 9.96. The largest absolute Gasteiger partial charge is 0.388 e. The molecule has 0 radical (unpaired) electrons. The van der Waals surface area contributed by atoms with Gasteiger partial charge in [-0.2, -0.15) is 0 Å². The summed E-state index contributed by atoms with van der Waals surface area (Å²) in [6.07, 6.45) is 7.15. The van der Waals surface area contributed by atoms with Gasteiger partial charge >= 0.3 is 0 Å². The van der Waals surface area contributed by atoms with Crippen LogP contribution in [0, 0.1) is 6.92 Å². The minimum atomic E-state index is -0.256. The number of benzene rings is 1. The maximum absolute atomic E-state index is 9.96. The zero-order chi connectivity index (χ0) is 12.5. The van der Waals surface area contributed by atoms with Crippen molar-refractivity contribution in [3.8, 4) is 0 Å². The van der Waals surface area contributed by atoms with Crippen molar-refractivity contribution >= 4 is 0 Å². The number of hydrogen-bond acceptors (Lipinski definition) is 1. The summed E-state index contributed by atoms with van der Waals surface area (Å²) in [5.41, 5.74) is 5.05. The van der Waals surface area contributed by atoms with Gasteiger partial charge < -0.3 is 9.67 Å². The minimum Gasteiger partial charge on any atom is -0.388 e. The lowest BCUT2D eigenvalue weighted by Crippen LogP contribution is -2.05. The Labute approximate surface area is 108 Å². The number of aliphatic hydroxyl groups is 1. The third kappa shape index (κ3) is 2.21. The maximum Gasteiger partial charge on any atom is 0.0807 e. The molecule has 0 spiro atoms. The highest BCUT2D eigenvalue weighted by atomic mass is 16.3. The van der Waals surface area contributed by atoms with Gasteiger partial charge in [-0.25, -0.2) is 0 Å². The molecule has 0 bridgehead atoms. The fraction of sp³-hybridized carbons (Fsp3) is 0.375. The van der Waals surface area contributed by atoms with Gasteiger partial charge in [0.2, 0.25) is 0 Å². The molecule has 1 unspecified atom stereocenters. The molecule has 1 aliphatic rings. The van der Waals surface area contributed by atoms with Crippen LogP contribution in [-0.2, 0) is 13.0 Å². The van der Waals surface area contributed by atoms with Crippen LogP contribution >= 0.6 is 0 Å². The Morgan fingerprint density at radius 1 is 1.22 bits per heavy atom. The Hall–Kier alpha value is -1.54. The van der Waals surface area contributed by atoms with E-state index in [1.165, 1.54) is 16.7 Å². The van der Waals surface area contributed by atoms with Crippen molar-refractivity contribution in [2.45, 2.75) is 38.8 Å². The van der Waals surface area contributed by atoms with Gasteiger partial charge in [0.25, 0.3) is 0 Å². The molecule has 0 aliphatic heterocycles. The maximum atomic E-state index is 9.96. The topological polar surface area (TPSA) is 25.2 Å². The molecule has 1 N–H and O–H groups in total. The lowest BCUT2D eigenvalue weighted by atomic mass is 9.93. The summed E-state index contributed by atoms with van der Waals surface area (Å²) in [7, 11) is 0. The van der Waals surface area contributed by atoms with Crippen molar-refractivity contribution in [1.82, 2.24) is 4.57 Å². The smallest absolute Gasteiger partial charge is 0.0807 e. The molecule has 0 amide bonds. The zero-order valence-corrected chi connectivity index (χ0v) is 10.8. The van der Waals surface area contributed by atoms with Gasteiger partial charge in [0.05, 0.1) is 6.10 Å². The average molecular weight is 241 g/mol. The predicted molar refractivity (Wildman–Crippen MR) is 72.6 cm³/mol. The van der Waals surface area contributed by atoms with Crippen LogP contribution in [0.3, 0.4) is 0 Å². The molecule has 94 valence electrons. The fourth-order valence-corrected chi connectivity index (χ4v) is 2.72. The Morgan fingerprint density at radius 2 is 2.00 bits per heavy atom. The van der Waals surface area contributed by atoms with Crippen molar-refractivity contribution in [2.75, 3.05) is 0 Å². The van der Waals surface area contributed by atoms with Crippen LogP contribution < -0.4 is 0 Å². The number of hydrogen-bond donors (Lipinski definition) is 1. The van der Waals surface area contributed by atoms with E-state index in [-0.39, 0.29) is 6.10 Å². The molecular weight excluding hydrogens is 222 g/mol.